The first kappa shape index (κ1) is 17.9. The third-order valence-electron chi connectivity index (χ3n) is 3.95. The fraction of sp³-hybridized carbons (Fsp3) is 0.158. The van der Waals surface area contributed by atoms with E-state index in [0.717, 1.165) is 17.8 Å². The summed E-state index contributed by atoms with van der Waals surface area (Å²) in [6.07, 6.45) is -4.41. The zero-order valence-corrected chi connectivity index (χ0v) is 14.7. The zero-order valence-electron chi connectivity index (χ0n) is 14.7. The van der Waals surface area contributed by atoms with Crippen molar-refractivity contribution in [3.8, 4) is 11.5 Å². The number of ether oxygens (including phenoxy) is 2. The number of aryl methyl sites for hydroxylation is 1. The molecule has 0 aliphatic carbocycles. The largest absolute Gasteiger partial charge is 0.454 e. The van der Waals surface area contributed by atoms with Gasteiger partial charge in [-0.2, -0.15) is 13.2 Å². The second-order valence-electron chi connectivity index (χ2n) is 6.08. The average Bonchev–Trinajstić information content (AvgIpc) is 3.08. The summed E-state index contributed by atoms with van der Waals surface area (Å²) in [5.41, 5.74) is 0.274. The first-order valence-electron chi connectivity index (χ1n) is 8.33. The van der Waals surface area contributed by atoms with Crippen molar-refractivity contribution >= 4 is 23.0 Å². The van der Waals surface area contributed by atoms with E-state index in [1.807, 2.05) is 6.07 Å². The molecule has 0 saturated carbocycles. The first-order chi connectivity index (χ1) is 13.4. The second-order valence-corrected chi connectivity index (χ2v) is 6.08. The molecule has 144 valence electrons. The van der Waals surface area contributed by atoms with Crippen molar-refractivity contribution in [1.29, 1.82) is 0 Å². The highest BCUT2D eigenvalue weighted by molar-refractivity contribution is 5.65. The van der Waals surface area contributed by atoms with Gasteiger partial charge in [-0.3, -0.25) is 0 Å². The predicted octanol–water partition coefficient (Wildman–Crippen LogP) is 5.02. The van der Waals surface area contributed by atoms with Crippen LogP contribution in [0.5, 0.6) is 11.5 Å². The number of rotatable bonds is 4. The van der Waals surface area contributed by atoms with E-state index in [1.165, 1.54) is 12.1 Å². The van der Waals surface area contributed by atoms with Crippen LogP contribution in [-0.2, 0) is 6.18 Å². The Balaban J connectivity index is 1.56. The van der Waals surface area contributed by atoms with Crippen molar-refractivity contribution in [2.24, 2.45) is 0 Å². The minimum absolute atomic E-state index is 0.177. The van der Waals surface area contributed by atoms with Gasteiger partial charge >= 0.3 is 6.18 Å². The van der Waals surface area contributed by atoms with Gasteiger partial charge in [-0.15, -0.1) is 0 Å². The van der Waals surface area contributed by atoms with E-state index in [1.54, 1.807) is 25.1 Å². The van der Waals surface area contributed by atoms with E-state index in [4.69, 9.17) is 9.47 Å². The van der Waals surface area contributed by atoms with Crippen LogP contribution in [0.15, 0.2) is 48.5 Å². The van der Waals surface area contributed by atoms with Crippen LogP contribution in [0.4, 0.5) is 36.2 Å². The van der Waals surface area contributed by atoms with Crippen LogP contribution in [0.2, 0.25) is 0 Å². The van der Waals surface area contributed by atoms with Crippen molar-refractivity contribution in [2.45, 2.75) is 13.1 Å². The molecular weight excluding hydrogens is 373 g/mol. The first-order valence-corrected chi connectivity index (χ1v) is 8.33. The van der Waals surface area contributed by atoms with E-state index in [9.17, 15) is 13.2 Å². The Hall–Kier alpha value is -3.49. The molecule has 1 aliphatic heterocycles. The number of anilines is 4. The lowest BCUT2D eigenvalue weighted by Crippen LogP contribution is -2.06. The van der Waals surface area contributed by atoms with Gasteiger partial charge in [-0.05, 0) is 37.3 Å². The Morgan fingerprint density at radius 3 is 2.25 bits per heavy atom. The Morgan fingerprint density at radius 2 is 1.54 bits per heavy atom. The maximum absolute atomic E-state index is 12.9. The highest BCUT2D eigenvalue weighted by atomic mass is 19.4. The Labute approximate surface area is 158 Å². The summed E-state index contributed by atoms with van der Waals surface area (Å²) >= 11 is 0. The molecule has 2 heterocycles. The van der Waals surface area contributed by atoms with E-state index in [2.05, 4.69) is 20.6 Å². The number of aromatic nitrogens is 2. The molecule has 1 aromatic heterocycles. The quantitative estimate of drug-likeness (QED) is 0.654. The van der Waals surface area contributed by atoms with E-state index in [0.29, 0.717) is 29.0 Å². The van der Waals surface area contributed by atoms with Gasteiger partial charge in [0.25, 0.3) is 0 Å². The number of nitrogens with one attached hydrogen (secondary N) is 2. The van der Waals surface area contributed by atoms with Crippen LogP contribution in [0.1, 0.15) is 11.4 Å². The van der Waals surface area contributed by atoms with E-state index in [-0.39, 0.29) is 12.5 Å². The van der Waals surface area contributed by atoms with Gasteiger partial charge in [0.1, 0.15) is 17.5 Å². The predicted molar refractivity (Wildman–Crippen MR) is 97.3 cm³/mol. The Bertz CT molecular complexity index is 1020. The minimum Gasteiger partial charge on any atom is -0.454 e. The normalized spacial score (nSPS) is 12.7. The second kappa shape index (κ2) is 6.91. The molecule has 1 aliphatic rings. The van der Waals surface area contributed by atoms with E-state index < -0.39 is 11.7 Å². The monoisotopic (exact) mass is 388 g/mol. The van der Waals surface area contributed by atoms with Crippen LogP contribution < -0.4 is 20.1 Å². The summed E-state index contributed by atoms with van der Waals surface area (Å²) in [6.45, 7) is 1.87. The molecule has 28 heavy (non-hydrogen) atoms. The van der Waals surface area contributed by atoms with E-state index >= 15 is 0 Å². The van der Waals surface area contributed by atoms with Gasteiger partial charge < -0.3 is 20.1 Å². The fourth-order valence-corrected chi connectivity index (χ4v) is 2.74. The van der Waals surface area contributed by atoms with Crippen molar-refractivity contribution in [1.82, 2.24) is 9.97 Å². The lowest BCUT2D eigenvalue weighted by molar-refractivity contribution is -0.137. The molecule has 0 atom stereocenters. The number of nitrogens with zero attached hydrogens (tertiary/aromatic N) is 2. The van der Waals surface area contributed by atoms with Crippen molar-refractivity contribution < 1.29 is 22.6 Å². The van der Waals surface area contributed by atoms with Gasteiger partial charge in [0.15, 0.2) is 11.5 Å². The number of hydrogen-bond acceptors (Lipinski definition) is 6. The molecule has 2 N–H and O–H groups in total. The summed E-state index contributed by atoms with van der Waals surface area (Å²) < 4.78 is 49.3. The third-order valence-corrected chi connectivity index (χ3v) is 3.95. The lowest BCUT2D eigenvalue weighted by Gasteiger charge is -2.12. The third kappa shape index (κ3) is 3.93. The number of benzene rings is 2. The number of hydrogen-bond donors (Lipinski definition) is 2. The highest BCUT2D eigenvalue weighted by Gasteiger charge is 2.30. The minimum atomic E-state index is -4.41. The lowest BCUT2D eigenvalue weighted by atomic mass is 10.2. The summed E-state index contributed by atoms with van der Waals surface area (Å²) in [5.74, 6) is 2.60. The molecule has 0 spiro atoms. The Morgan fingerprint density at radius 1 is 0.857 bits per heavy atom. The molecule has 6 nitrogen and oxygen atoms in total. The standard InChI is InChI=1S/C19H15F3N4O2/c1-11-23-17(25-13-4-2-3-12(7-13)19(20,21)22)9-18(24-11)26-14-5-6-15-16(8-14)28-10-27-15/h2-9H,10H2,1H3,(H2,23,24,25,26). The molecular formula is C19H15F3N4O2. The highest BCUT2D eigenvalue weighted by Crippen LogP contribution is 2.35. The smallest absolute Gasteiger partial charge is 0.416 e. The molecule has 4 rings (SSSR count). The van der Waals surface area contributed by atoms with Gasteiger partial charge in [0.2, 0.25) is 6.79 Å². The number of alkyl halides is 3. The topological polar surface area (TPSA) is 68.3 Å². The summed E-state index contributed by atoms with van der Waals surface area (Å²) in [4.78, 5) is 8.54. The van der Waals surface area contributed by atoms with Gasteiger partial charge in [0, 0.05) is 23.5 Å². The summed E-state index contributed by atoms with van der Waals surface area (Å²) in [6, 6.07) is 11.9. The van der Waals surface area contributed by atoms with Crippen LogP contribution in [-0.4, -0.2) is 16.8 Å². The fourth-order valence-electron chi connectivity index (χ4n) is 2.74. The summed E-state index contributed by atoms with van der Waals surface area (Å²) in [7, 11) is 0. The Kier molecular flexibility index (Phi) is 4.42. The van der Waals surface area contributed by atoms with Crippen molar-refractivity contribution in [3.05, 3.63) is 59.9 Å². The van der Waals surface area contributed by atoms with Crippen molar-refractivity contribution in [3.63, 3.8) is 0 Å². The molecule has 9 heteroatoms. The van der Waals surface area contributed by atoms with Crippen LogP contribution >= 0.6 is 0 Å². The van der Waals surface area contributed by atoms with Gasteiger partial charge in [0.05, 0.1) is 5.56 Å². The number of halogens is 3. The maximum atomic E-state index is 12.9. The molecule has 0 unspecified atom stereocenters. The molecule has 0 saturated heterocycles. The van der Waals surface area contributed by atoms with Crippen LogP contribution in [0, 0.1) is 6.92 Å². The number of fused-ring (bicyclic) bond motifs is 1. The van der Waals surface area contributed by atoms with Gasteiger partial charge in [-0.25, -0.2) is 9.97 Å². The van der Waals surface area contributed by atoms with Crippen LogP contribution in [0.3, 0.4) is 0 Å². The van der Waals surface area contributed by atoms with Crippen LogP contribution in [0.25, 0.3) is 0 Å². The SMILES string of the molecule is Cc1nc(Nc2cccc(C(F)(F)F)c2)cc(Nc2ccc3c(c2)OCO3)n1. The molecule has 0 radical (unpaired) electrons. The maximum Gasteiger partial charge on any atom is 0.416 e. The van der Waals surface area contributed by atoms with Crippen molar-refractivity contribution in [2.75, 3.05) is 17.4 Å². The van der Waals surface area contributed by atoms with Gasteiger partial charge in [-0.1, -0.05) is 6.07 Å². The molecule has 2 aromatic carbocycles. The molecule has 0 bridgehead atoms. The summed E-state index contributed by atoms with van der Waals surface area (Å²) in [5, 5.41) is 6.02. The molecule has 0 fully saturated rings. The molecule has 3 aromatic rings. The zero-order chi connectivity index (χ0) is 19.7. The average molecular weight is 388 g/mol. The molecule has 0 amide bonds.